The molecule has 1 aromatic rings. The van der Waals surface area contributed by atoms with Crippen LogP contribution in [-0.4, -0.2) is 35.8 Å². The van der Waals surface area contributed by atoms with Crippen LogP contribution in [-0.2, 0) is 6.42 Å². The Morgan fingerprint density at radius 3 is 2.39 bits per heavy atom. The molecule has 1 aromatic carbocycles. The maximum absolute atomic E-state index is 12.0. The summed E-state index contributed by atoms with van der Waals surface area (Å²) in [5.74, 6) is 0.174. The van der Waals surface area contributed by atoms with Gasteiger partial charge in [0.05, 0.1) is 13.2 Å². The second-order valence-corrected chi connectivity index (χ2v) is 4.42. The van der Waals surface area contributed by atoms with E-state index in [4.69, 9.17) is 0 Å². The first kappa shape index (κ1) is 14.8. The molecular weight excluding hydrogens is 292 g/mol. The lowest BCUT2D eigenvalue weighted by Gasteiger charge is -2.17. The smallest absolute Gasteiger partial charge is 0.182 e. The Bertz CT molecular complexity index is 428. The fraction of sp³-hybridized carbons (Fsp3) is 0.357. The van der Waals surface area contributed by atoms with E-state index in [-0.39, 0.29) is 22.8 Å². The van der Waals surface area contributed by atoms with Crippen molar-refractivity contribution in [2.75, 3.05) is 20.3 Å². The van der Waals surface area contributed by atoms with Gasteiger partial charge in [-0.2, -0.15) is 0 Å². The van der Waals surface area contributed by atoms with E-state index >= 15 is 0 Å². The Hall–Kier alpha value is -1.29. The number of hydrogen-bond donors (Lipinski definition) is 0. The second kappa shape index (κ2) is 6.59. The van der Waals surface area contributed by atoms with Gasteiger partial charge >= 0.3 is 0 Å². The van der Waals surface area contributed by atoms with E-state index in [0.29, 0.717) is 6.54 Å². The molecule has 1 aliphatic rings. The molecule has 0 amide bonds. The molecule has 4 heteroatoms. The van der Waals surface area contributed by atoms with Gasteiger partial charge in [-0.25, -0.2) is 0 Å². The van der Waals surface area contributed by atoms with Crippen LogP contribution < -0.4 is 0 Å². The van der Waals surface area contributed by atoms with Gasteiger partial charge in [0.1, 0.15) is 0 Å². The minimum absolute atomic E-state index is 0. The molecule has 98 valence electrons. The molecule has 0 aliphatic carbocycles. The fourth-order valence-corrected chi connectivity index (χ4v) is 1.89. The number of rotatable bonds is 4. The topological polar surface area (TPSA) is 23.6 Å². The molecule has 1 aliphatic heterocycles. The summed E-state index contributed by atoms with van der Waals surface area (Å²) < 4.78 is 0. The maximum Gasteiger partial charge on any atom is 0.182 e. The highest BCUT2D eigenvalue weighted by molar-refractivity contribution is 8.93. The molecule has 0 bridgehead atoms. The van der Waals surface area contributed by atoms with E-state index in [9.17, 15) is 4.79 Å². The predicted molar refractivity (Wildman–Crippen MR) is 78.9 cm³/mol. The van der Waals surface area contributed by atoms with Gasteiger partial charge in [-0.05, 0) is 12.0 Å². The lowest BCUT2D eigenvalue weighted by molar-refractivity contribution is 0.0948. The third-order valence-electron chi connectivity index (χ3n) is 2.97. The van der Waals surface area contributed by atoms with Crippen LogP contribution in [0.3, 0.4) is 0 Å². The van der Waals surface area contributed by atoms with Crippen LogP contribution in [0.4, 0.5) is 0 Å². The Morgan fingerprint density at radius 2 is 1.89 bits per heavy atom. The second-order valence-electron chi connectivity index (χ2n) is 4.42. The Labute approximate surface area is 119 Å². The van der Waals surface area contributed by atoms with Crippen molar-refractivity contribution in [1.82, 2.24) is 9.80 Å². The highest BCUT2D eigenvalue weighted by Gasteiger charge is 2.13. The van der Waals surface area contributed by atoms with E-state index in [1.807, 2.05) is 53.5 Å². The van der Waals surface area contributed by atoms with Crippen LogP contribution in [0.15, 0.2) is 36.7 Å². The minimum Gasteiger partial charge on any atom is -0.362 e. The van der Waals surface area contributed by atoms with Gasteiger partial charge in [-0.3, -0.25) is 4.79 Å². The van der Waals surface area contributed by atoms with Crippen molar-refractivity contribution in [3.8, 4) is 0 Å². The maximum atomic E-state index is 12.0. The van der Waals surface area contributed by atoms with Gasteiger partial charge in [0, 0.05) is 25.0 Å². The van der Waals surface area contributed by atoms with Crippen molar-refractivity contribution >= 4 is 22.8 Å². The zero-order chi connectivity index (χ0) is 12.3. The number of ketones is 1. The summed E-state index contributed by atoms with van der Waals surface area (Å²) in [7, 11) is 2.00. The molecule has 0 spiro atoms. The lowest BCUT2D eigenvalue weighted by atomic mass is 10.1. The van der Waals surface area contributed by atoms with Crippen LogP contribution >= 0.6 is 17.0 Å². The molecule has 18 heavy (non-hydrogen) atoms. The summed E-state index contributed by atoms with van der Waals surface area (Å²) >= 11 is 0. The van der Waals surface area contributed by atoms with E-state index in [1.165, 1.54) is 5.56 Å². The van der Waals surface area contributed by atoms with Crippen LogP contribution in [0.2, 0.25) is 0 Å². The molecule has 2 rings (SSSR count). The van der Waals surface area contributed by atoms with Crippen LogP contribution in [0.25, 0.3) is 0 Å². The first-order valence-corrected chi connectivity index (χ1v) is 5.94. The molecule has 1 heterocycles. The van der Waals surface area contributed by atoms with Crippen LogP contribution in [0.1, 0.15) is 22.8 Å². The Kier molecular flexibility index (Phi) is 5.41. The summed E-state index contributed by atoms with van der Waals surface area (Å²) in [5.41, 5.74) is 2.06. The third kappa shape index (κ3) is 3.60. The monoisotopic (exact) mass is 310 g/mol. The quantitative estimate of drug-likeness (QED) is 0.799. The highest BCUT2D eigenvalue weighted by Crippen LogP contribution is 2.09. The number of hydrogen-bond acceptors (Lipinski definition) is 3. The number of benzene rings is 1. The number of Topliss-reactive ketones (excluding diaryl/α,β-unsaturated/α-hetero) is 1. The van der Waals surface area contributed by atoms with E-state index in [1.54, 1.807) is 0 Å². The first-order chi connectivity index (χ1) is 8.19. The van der Waals surface area contributed by atoms with Crippen molar-refractivity contribution in [3.05, 3.63) is 47.8 Å². The van der Waals surface area contributed by atoms with Crippen molar-refractivity contribution in [3.63, 3.8) is 0 Å². The molecule has 0 N–H and O–H groups in total. The lowest BCUT2D eigenvalue weighted by Crippen LogP contribution is -2.28. The van der Waals surface area contributed by atoms with Crippen molar-refractivity contribution in [2.45, 2.75) is 13.3 Å². The number of halogens is 1. The minimum atomic E-state index is 0. The number of carbonyl (C=O) groups is 1. The number of carbonyl (C=O) groups excluding carboxylic acids is 1. The van der Waals surface area contributed by atoms with Gasteiger partial charge in [-0.15, -0.1) is 17.0 Å². The predicted octanol–water partition coefficient (Wildman–Crippen LogP) is 2.69. The van der Waals surface area contributed by atoms with Gasteiger partial charge in [0.2, 0.25) is 0 Å². The molecular formula is C14H19BrN2O. The normalized spacial score (nSPS) is 13.7. The molecule has 0 saturated carbocycles. The molecule has 3 nitrogen and oxygen atoms in total. The largest absolute Gasteiger partial charge is 0.362 e. The summed E-state index contributed by atoms with van der Waals surface area (Å²) in [6, 6.07) is 7.90. The Balaban J connectivity index is 0.00000162. The standard InChI is InChI=1S/C14H18N2O.BrH/c1-3-12-4-6-13(7-5-12)14(17)10-16-9-8-15(2)11-16;/h4-9H,3,10-11H2,1-2H3;1H. The van der Waals surface area contributed by atoms with Crippen molar-refractivity contribution < 1.29 is 4.79 Å². The van der Waals surface area contributed by atoms with Gasteiger partial charge in [-0.1, -0.05) is 31.2 Å². The average Bonchev–Trinajstić information content (AvgIpc) is 2.75. The van der Waals surface area contributed by atoms with E-state index in [2.05, 4.69) is 6.92 Å². The van der Waals surface area contributed by atoms with Gasteiger partial charge in [0.25, 0.3) is 0 Å². The van der Waals surface area contributed by atoms with Crippen molar-refractivity contribution in [1.29, 1.82) is 0 Å². The van der Waals surface area contributed by atoms with Crippen LogP contribution in [0, 0.1) is 0 Å². The molecule has 0 aromatic heterocycles. The fourth-order valence-electron chi connectivity index (χ4n) is 1.89. The average molecular weight is 311 g/mol. The van der Waals surface area contributed by atoms with Gasteiger partial charge in [0.15, 0.2) is 5.78 Å². The number of nitrogens with zero attached hydrogens (tertiary/aromatic N) is 2. The first-order valence-electron chi connectivity index (χ1n) is 5.94. The highest BCUT2D eigenvalue weighted by atomic mass is 79.9. The molecule has 0 radical (unpaired) electrons. The van der Waals surface area contributed by atoms with E-state index < -0.39 is 0 Å². The molecule has 0 atom stereocenters. The van der Waals surface area contributed by atoms with E-state index in [0.717, 1.165) is 18.7 Å². The van der Waals surface area contributed by atoms with Crippen LogP contribution in [0.5, 0.6) is 0 Å². The Morgan fingerprint density at radius 1 is 1.22 bits per heavy atom. The SMILES string of the molecule is Br.CCc1ccc(C(=O)CN2C=CN(C)C2)cc1. The summed E-state index contributed by atoms with van der Waals surface area (Å²) in [4.78, 5) is 16.1. The summed E-state index contributed by atoms with van der Waals surface area (Å²) in [6.45, 7) is 3.35. The zero-order valence-corrected chi connectivity index (χ0v) is 12.5. The van der Waals surface area contributed by atoms with Gasteiger partial charge < -0.3 is 9.80 Å². The molecule has 0 unspecified atom stereocenters. The summed E-state index contributed by atoms with van der Waals surface area (Å²) in [5, 5.41) is 0. The zero-order valence-electron chi connectivity index (χ0n) is 10.8. The summed E-state index contributed by atoms with van der Waals surface area (Å²) in [6.07, 6.45) is 4.94. The van der Waals surface area contributed by atoms with Crippen molar-refractivity contribution in [2.24, 2.45) is 0 Å². The number of aryl methyl sites for hydroxylation is 1. The third-order valence-corrected chi connectivity index (χ3v) is 2.97. The molecule has 0 saturated heterocycles. The molecule has 0 fully saturated rings.